The fraction of sp³-hybridized carbons (Fsp3) is 0.222. The smallest absolute Gasteiger partial charge is 0.128 e. The highest BCUT2D eigenvalue weighted by atomic mass is 35.5. The van der Waals surface area contributed by atoms with Crippen LogP contribution in [0.5, 0.6) is 0 Å². The number of hydrogen-bond donors (Lipinski definition) is 1. The molecule has 1 aromatic rings. The van der Waals surface area contributed by atoms with Gasteiger partial charge in [0.2, 0.25) is 0 Å². The fourth-order valence-electron chi connectivity index (χ4n) is 0.943. The van der Waals surface area contributed by atoms with Crippen LogP contribution in [0.2, 0.25) is 5.02 Å². The molecule has 0 aromatic heterocycles. The highest BCUT2D eigenvalue weighted by Crippen LogP contribution is 2.24. The molecule has 2 N–H and O–H groups in total. The van der Waals surface area contributed by atoms with E-state index in [-0.39, 0.29) is 0 Å². The zero-order chi connectivity index (χ0) is 9.19. The van der Waals surface area contributed by atoms with E-state index in [1.165, 1.54) is 0 Å². The molecule has 0 aliphatic rings. The van der Waals surface area contributed by atoms with E-state index in [1.807, 2.05) is 12.1 Å². The molecule has 0 aliphatic carbocycles. The van der Waals surface area contributed by atoms with Crippen molar-refractivity contribution in [1.82, 2.24) is 0 Å². The summed E-state index contributed by atoms with van der Waals surface area (Å²) in [7, 11) is 0. The third-order valence-electron chi connectivity index (χ3n) is 1.67. The minimum Gasteiger partial charge on any atom is -0.310 e. The molecule has 2 nitrogen and oxygen atoms in total. The maximum absolute atomic E-state index is 8.74. The molecule has 1 rings (SSSR count). The lowest BCUT2D eigenvalue weighted by atomic mass is 9.95. The molecule has 0 heterocycles. The molecule has 1 atom stereocenters. The van der Waals surface area contributed by atoms with E-state index in [1.54, 1.807) is 25.1 Å². The van der Waals surface area contributed by atoms with E-state index in [0.717, 1.165) is 0 Å². The van der Waals surface area contributed by atoms with Gasteiger partial charge in [-0.25, -0.2) is 0 Å². The van der Waals surface area contributed by atoms with Crippen LogP contribution in [0.1, 0.15) is 12.5 Å². The van der Waals surface area contributed by atoms with Gasteiger partial charge in [-0.15, -0.1) is 0 Å². The van der Waals surface area contributed by atoms with Crippen LogP contribution in [-0.2, 0) is 5.54 Å². The van der Waals surface area contributed by atoms with E-state index in [2.05, 4.69) is 0 Å². The predicted octanol–water partition coefficient (Wildman–Crippen LogP) is 2.04. The molecule has 62 valence electrons. The zero-order valence-corrected chi connectivity index (χ0v) is 7.47. The molecule has 1 aromatic carbocycles. The number of nitrogens with two attached hydrogens (primary N) is 1. The Kier molecular flexibility index (Phi) is 2.37. The molecule has 3 heteroatoms. The molecule has 0 saturated heterocycles. The minimum atomic E-state index is -1.00. The van der Waals surface area contributed by atoms with Crippen molar-refractivity contribution in [3.8, 4) is 6.07 Å². The van der Waals surface area contributed by atoms with Gasteiger partial charge in [-0.2, -0.15) is 5.26 Å². The van der Waals surface area contributed by atoms with Crippen molar-refractivity contribution >= 4 is 11.6 Å². The first kappa shape index (κ1) is 9.05. The summed E-state index contributed by atoms with van der Waals surface area (Å²) in [5, 5.41) is 9.27. The van der Waals surface area contributed by atoms with Crippen LogP contribution in [0, 0.1) is 11.3 Å². The Morgan fingerprint density at radius 2 is 2.08 bits per heavy atom. The first-order valence-corrected chi connectivity index (χ1v) is 3.91. The van der Waals surface area contributed by atoms with Gasteiger partial charge in [-0.1, -0.05) is 29.8 Å². The third kappa shape index (κ3) is 1.58. The molecule has 0 saturated carbocycles. The lowest BCUT2D eigenvalue weighted by Gasteiger charge is -2.16. The standard InChI is InChI=1S/C9H9ClN2/c1-9(12,6-11)7-4-2-3-5-8(7)10/h2-5H,12H2,1H3/t9-/m0/s1. The molecule has 0 amide bonds. The van der Waals surface area contributed by atoms with E-state index in [0.29, 0.717) is 10.6 Å². The van der Waals surface area contributed by atoms with Crippen molar-refractivity contribution in [2.24, 2.45) is 5.73 Å². The zero-order valence-electron chi connectivity index (χ0n) is 6.71. The summed E-state index contributed by atoms with van der Waals surface area (Å²) >= 11 is 5.86. The van der Waals surface area contributed by atoms with Gasteiger partial charge in [-0.05, 0) is 13.0 Å². The van der Waals surface area contributed by atoms with E-state index in [4.69, 9.17) is 22.6 Å². The van der Waals surface area contributed by atoms with Crippen LogP contribution < -0.4 is 5.73 Å². The molecular formula is C9H9ClN2. The van der Waals surface area contributed by atoms with Crippen molar-refractivity contribution in [3.63, 3.8) is 0 Å². The summed E-state index contributed by atoms with van der Waals surface area (Å²) in [5.74, 6) is 0. The summed E-state index contributed by atoms with van der Waals surface area (Å²) in [6.07, 6.45) is 0. The van der Waals surface area contributed by atoms with Crippen molar-refractivity contribution in [2.75, 3.05) is 0 Å². The van der Waals surface area contributed by atoms with E-state index < -0.39 is 5.54 Å². The SMILES string of the molecule is C[C@](N)(C#N)c1ccccc1Cl. The number of benzene rings is 1. The van der Waals surface area contributed by atoms with Crippen LogP contribution in [0.3, 0.4) is 0 Å². The molecular weight excluding hydrogens is 172 g/mol. The Morgan fingerprint density at radius 3 is 2.58 bits per heavy atom. The highest BCUT2D eigenvalue weighted by Gasteiger charge is 2.22. The van der Waals surface area contributed by atoms with Crippen molar-refractivity contribution in [1.29, 1.82) is 5.26 Å². The summed E-state index contributed by atoms with van der Waals surface area (Å²) in [4.78, 5) is 0. The number of halogens is 1. The Hall–Kier alpha value is -1.04. The van der Waals surface area contributed by atoms with Gasteiger partial charge in [0, 0.05) is 10.6 Å². The maximum atomic E-state index is 8.74. The maximum Gasteiger partial charge on any atom is 0.128 e. The van der Waals surface area contributed by atoms with Gasteiger partial charge in [0.15, 0.2) is 0 Å². The quantitative estimate of drug-likeness (QED) is 0.719. The molecule has 12 heavy (non-hydrogen) atoms. The van der Waals surface area contributed by atoms with Crippen molar-refractivity contribution in [3.05, 3.63) is 34.9 Å². The first-order valence-electron chi connectivity index (χ1n) is 3.53. The number of rotatable bonds is 1. The van der Waals surface area contributed by atoms with Gasteiger partial charge in [-0.3, -0.25) is 0 Å². The summed E-state index contributed by atoms with van der Waals surface area (Å²) < 4.78 is 0. The number of nitrogens with zero attached hydrogens (tertiary/aromatic N) is 1. The van der Waals surface area contributed by atoms with Gasteiger partial charge < -0.3 is 5.73 Å². The lowest BCUT2D eigenvalue weighted by Crippen LogP contribution is -2.31. The Bertz CT molecular complexity index is 326. The molecule has 0 radical (unpaired) electrons. The first-order chi connectivity index (χ1) is 5.58. The average molecular weight is 181 g/mol. The molecule has 0 fully saturated rings. The summed E-state index contributed by atoms with van der Waals surface area (Å²) in [6.45, 7) is 1.63. The molecule has 0 unspecified atom stereocenters. The van der Waals surface area contributed by atoms with Crippen LogP contribution in [-0.4, -0.2) is 0 Å². The second-order valence-electron chi connectivity index (χ2n) is 2.79. The Morgan fingerprint density at radius 1 is 1.50 bits per heavy atom. The molecule has 0 aliphatic heterocycles. The van der Waals surface area contributed by atoms with Crippen molar-refractivity contribution in [2.45, 2.75) is 12.5 Å². The molecule has 0 bridgehead atoms. The Balaban J connectivity index is 3.22. The monoisotopic (exact) mass is 180 g/mol. The average Bonchev–Trinajstić information content (AvgIpc) is 2.05. The topological polar surface area (TPSA) is 49.8 Å². The van der Waals surface area contributed by atoms with Gasteiger partial charge in [0.1, 0.15) is 5.54 Å². The lowest BCUT2D eigenvalue weighted by molar-refractivity contribution is 0.647. The number of nitriles is 1. The number of hydrogen-bond acceptors (Lipinski definition) is 2. The van der Waals surface area contributed by atoms with Crippen molar-refractivity contribution < 1.29 is 0 Å². The Labute approximate surface area is 76.6 Å². The fourth-order valence-corrected chi connectivity index (χ4v) is 1.27. The molecule has 0 spiro atoms. The predicted molar refractivity (Wildman–Crippen MR) is 48.6 cm³/mol. The third-order valence-corrected chi connectivity index (χ3v) is 2.00. The van der Waals surface area contributed by atoms with E-state index >= 15 is 0 Å². The van der Waals surface area contributed by atoms with Gasteiger partial charge in [0.05, 0.1) is 6.07 Å². The largest absolute Gasteiger partial charge is 0.310 e. The van der Waals surface area contributed by atoms with Crippen LogP contribution >= 0.6 is 11.6 Å². The van der Waals surface area contributed by atoms with E-state index in [9.17, 15) is 0 Å². The summed E-state index contributed by atoms with van der Waals surface area (Å²) in [5.41, 5.74) is 5.35. The highest BCUT2D eigenvalue weighted by molar-refractivity contribution is 6.31. The van der Waals surface area contributed by atoms with Crippen LogP contribution in [0.4, 0.5) is 0 Å². The van der Waals surface area contributed by atoms with Crippen LogP contribution in [0.25, 0.3) is 0 Å². The second kappa shape index (κ2) is 3.14. The summed E-state index contributed by atoms with van der Waals surface area (Å²) in [6, 6.07) is 9.08. The minimum absolute atomic E-state index is 0.532. The normalized spacial score (nSPS) is 14.8. The van der Waals surface area contributed by atoms with Crippen LogP contribution in [0.15, 0.2) is 24.3 Å². The van der Waals surface area contributed by atoms with Gasteiger partial charge >= 0.3 is 0 Å². The van der Waals surface area contributed by atoms with Gasteiger partial charge in [0.25, 0.3) is 0 Å². The second-order valence-corrected chi connectivity index (χ2v) is 3.20.